The number of carbonyl (C=O) groups is 1. The number of sulfonamides is 1. The lowest BCUT2D eigenvalue weighted by molar-refractivity contribution is -0.140. The van der Waals surface area contributed by atoms with Crippen LogP contribution >= 0.6 is 0 Å². The van der Waals surface area contributed by atoms with Gasteiger partial charge in [-0.25, -0.2) is 4.39 Å². The van der Waals surface area contributed by atoms with Crippen LogP contribution in [0.4, 0.5) is 4.39 Å². The van der Waals surface area contributed by atoms with Gasteiger partial charge >= 0.3 is 5.97 Å². The van der Waals surface area contributed by atoms with Crippen LogP contribution < -0.4 is 4.74 Å². The smallest absolute Gasteiger partial charge is 0.314 e. The number of rotatable bonds is 2. The molecule has 2 aliphatic heterocycles. The van der Waals surface area contributed by atoms with E-state index >= 15 is 0 Å². The molecule has 1 saturated heterocycles. The van der Waals surface area contributed by atoms with E-state index in [0.717, 1.165) is 0 Å². The van der Waals surface area contributed by atoms with Crippen molar-refractivity contribution in [2.75, 3.05) is 13.1 Å². The Bertz CT molecular complexity index is 1030. The normalized spacial score (nSPS) is 18.7. The molecule has 0 N–H and O–H groups in total. The van der Waals surface area contributed by atoms with Crippen molar-refractivity contribution in [1.82, 2.24) is 4.90 Å². The van der Waals surface area contributed by atoms with E-state index in [-0.39, 0.29) is 16.6 Å². The molecule has 0 radical (unpaired) electrons. The molecule has 2 aromatic rings. The highest BCUT2D eigenvalue weighted by Crippen LogP contribution is 2.30. The predicted molar refractivity (Wildman–Crippen MR) is 96.5 cm³/mol. The second kappa shape index (κ2) is 6.77. The molecule has 8 heteroatoms. The number of nitrogens with zero attached hydrogens (tertiary/aromatic N) is 2. The van der Waals surface area contributed by atoms with Crippen LogP contribution in [0.2, 0.25) is 0 Å². The third-order valence-corrected chi connectivity index (χ3v) is 6.08. The van der Waals surface area contributed by atoms with E-state index in [9.17, 15) is 17.6 Å². The van der Waals surface area contributed by atoms with Gasteiger partial charge in [0.2, 0.25) is 0 Å². The summed E-state index contributed by atoms with van der Waals surface area (Å²) in [6.07, 6.45) is 1.02. The Kier molecular flexibility index (Phi) is 4.43. The molecule has 4 rings (SSSR count). The van der Waals surface area contributed by atoms with Crippen LogP contribution in [0.25, 0.3) is 0 Å². The molecule has 27 heavy (non-hydrogen) atoms. The summed E-state index contributed by atoms with van der Waals surface area (Å²) in [4.78, 5) is 14.4. The molecule has 0 aliphatic carbocycles. The number of esters is 1. The number of carbonyl (C=O) groups excluding carboxylic acids is 1. The van der Waals surface area contributed by atoms with Gasteiger partial charge in [-0.1, -0.05) is 18.2 Å². The molecule has 0 spiro atoms. The third-order valence-electron chi connectivity index (χ3n) is 4.75. The average molecular weight is 388 g/mol. The van der Waals surface area contributed by atoms with Crippen molar-refractivity contribution in [2.24, 2.45) is 10.3 Å². The van der Waals surface area contributed by atoms with Crippen molar-refractivity contribution in [3.63, 3.8) is 0 Å². The first kappa shape index (κ1) is 17.7. The molecule has 0 saturated carbocycles. The molecule has 6 nitrogen and oxygen atoms in total. The molecule has 0 unspecified atom stereocenters. The second-order valence-electron chi connectivity index (χ2n) is 6.53. The molecular weight excluding hydrogens is 371 g/mol. The zero-order valence-electron chi connectivity index (χ0n) is 14.3. The van der Waals surface area contributed by atoms with Crippen LogP contribution in [0.3, 0.4) is 0 Å². The minimum Gasteiger partial charge on any atom is -0.426 e. The first-order valence-corrected chi connectivity index (χ1v) is 10.0. The van der Waals surface area contributed by atoms with Crippen LogP contribution in [0.5, 0.6) is 5.75 Å². The molecule has 140 valence electrons. The predicted octanol–water partition coefficient (Wildman–Crippen LogP) is 2.59. The summed E-state index contributed by atoms with van der Waals surface area (Å²) in [5, 5.41) is 0. The molecule has 0 bridgehead atoms. The standard InChI is InChI=1S/C19H17FN2O4S/c20-14-4-3-5-15(12-14)26-19(23)13-8-10-22(11-9-13)18-16-6-1-2-7-17(16)27(24,25)21-18/h1-7,12-13H,8-11H2. The number of amidine groups is 1. The lowest BCUT2D eigenvalue weighted by Crippen LogP contribution is -2.41. The molecular formula is C19H17FN2O4S. The minimum absolute atomic E-state index is 0.183. The van der Waals surface area contributed by atoms with Gasteiger partial charge in [-0.05, 0) is 37.1 Å². The van der Waals surface area contributed by atoms with Gasteiger partial charge in [0.25, 0.3) is 10.0 Å². The van der Waals surface area contributed by atoms with Gasteiger partial charge in [0.1, 0.15) is 16.5 Å². The van der Waals surface area contributed by atoms with Crippen LogP contribution in [0, 0.1) is 11.7 Å². The van der Waals surface area contributed by atoms with E-state index in [2.05, 4.69) is 4.40 Å². The molecule has 1 fully saturated rings. The van der Waals surface area contributed by atoms with Gasteiger partial charge in [-0.15, -0.1) is 4.40 Å². The molecule has 2 aromatic carbocycles. The van der Waals surface area contributed by atoms with Gasteiger partial charge in [0, 0.05) is 24.7 Å². The van der Waals surface area contributed by atoms with E-state index in [0.29, 0.717) is 37.3 Å². The highest BCUT2D eigenvalue weighted by molar-refractivity contribution is 7.90. The average Bonchev–Trinajstić information content (AvgIpc) is 2.93. The molecule has 2 heterocycles. The topological polar surface area (TPSA) is 76.0 Å². The number of fused-ring (bicyclic) bond motifs is 1. The number of hydrogen-bond acceptors (Lipinski definition) is 5. The number of ether oxygens (including phenoxy) is 1. The van der Waals surface area contributed by atoms with Crippen molar-refractivity contribution in [2.45, 2.75) is 17.7 Å². The van der Waals surface area contributed by atoms with Crippen LogP contribution in [-0.4, -0.2) is 38.2 Å². The van der Waals surface area contributed by atoms with Crippen molar-refractivity contribution in [3.05, 3.63) is 59.9 Å². The summed E-state index contributed by atoms with van der Waals surface area (Å²) < 4.78 is 46.8. The third kappa shape index (κ3) is 3.44. The Morgan fingerprint density at radius 3 is 2.59 bits per heavy atom. The second-order valence-corrected chi connectivity index (χ2v) is 8.10. The maximum atomic E-state index is 13.2. The summed E-state index contributed by atoms with van der Waals surface area (Å²) >= 11 is 0. The van der Waals surface area contributed by atoms with Gasteiger partial charge in [-0.2, -0.15) is 8.42 Å². The highest BCUT2D eigenvalue weighted by Gasteiger charge is 2.34. The lowest BCUT2D eigenvalue weighted by Gasteiger charge is -2.32. The van der Waals surface area contributed by atoms with Crippen LogP contribution in [0.15, 0.2) is 57.8 Å². The van der Waals surface area contributed by atoms with Gasteiger partial charge in [0.15, 0.2) is 5.84 Å². The SMILES string of the molecule is O=C(Oc1cccc(F)c1)C1CCN(C2=NS(=O)(=O)c3ccccc32)CC1. The zero-order valence-corrected chi connectivity index (χ0v) is 15.2. The molecule has 0 atom stereocenters. The van der Waals surface area contributed by atoms with Crippen molar-refractivity contribution in [3.8, 4) is 5.75 Å². The molecule has 0 amide bonds. The number of benzene rings is 2. The molecule has 0 aromatic heterocycles. The highest BCUT2D eigenvalue weighted by atomic mass is 32.2. The fraction of sp³-hybridized carbons (Fsp3) is 0.263. The van der Waals surface area contributed by atoms with Crippen LogP contribution in [-0.2, 0) is 14.8 Å². The summed E-state index contributed by atoms with van der Waals surface area (Å²) in [6, 6.07) is 12.2. The largest absolute Gasteiger partial charge is 0.426 e. The Hall–Kier alpha value is -2.74. The zero-order chi connectivity index (χ0) is 19.0. The van der Waals surface area contributed by atoms with Crippen molar-refractivity contribution >= 4 is 21.8 Å². The van der Waals surface area contributed by atoms with E-state index in [4.69, 9.17) is 4.74 Å². The minimum atomic E-state index is -3.66. The summed E-state index contributed by atoms with van der Waals surface area (Å²) in [6.45, 7) is 0.983. The number of halogens is 1. The van der Waals surface area contributed by atoms with Gasteiger partial charge < -0.3 is 9.64 Å². The number of hydrogen-bond donors (Lipinski definition) is 0. The van der Waals surface area contributed by atoms with Crippen molar-refractivity contribution < 1.29 is 22.3 Å². The van der Waals surface area contributed by atoms with E-state index in [1.807, 2.05) is 4.90 Å². The summed E-state index contributed by atoms with van der Waals surface area (Å²) in [5.74, 6) is -0.570. The van der Waals surface area contributed by atoms with E-state index in [1.54, 1.807) is 24.3 Å². The molecule has 2 aliphatic rings. The monoisotopic (exact) mass is 388 g/mol. The summed E-state index contributed by atoms with van der Waals surface area (Å²) in [7, 11) is -3.66. The van der Waals surface area contributed by atoms with Crippen LogP contribution in [0.1, 0.15) is 18.4 Å². The van der Waals surface area contributed by atoms with E-state index < -0.39 is 21.8 Å². The fourth-order valence-corrected chi connectivity index (χ4v) is 4.60. The Morgan fingerprint density at radius 1 is 1.11 bits per heavy atom. The lowest BCUT2D eigenvalue weighted by atomic mass is 9.96. The number of piperidine rings is 1. The van der Waals surface area contributed by atoms with Gasteiger partial charge in [0.05, 0.1) is 5.92 Å². The summed E-state index contributed by atoms with van der Waals surface area (Å²) in [5.41, 5.74) is 0.596. The first-order valence-electron chi connectivity index (χ1n) is 8.60. The maximum Gasteiger partial charge on any atom is 0.314 e. The first-order chi connectivity index (χ1) is 12.9. The van der Waals surface area contributed by atoms with Gasteiger partial charge in [-0.3, -0.25) is 4.79 Å². The van der Waals surface area contributed by atoms with Crippen molar-refractivity contribution in [1.29, 1.82) is 0 Å². The quantitative estimate of drug-likeness (QED) is 0.584. The Balaban J connectivity index is 1.43. The Labute approximate surface area is 156 Å². The fourth-order valence-electron chi connectivity index (χ4n) is 3.37. The Morgan fingerprint density at radius 2 is 1.85 bits per heavy atom. The maximum absolute atomic E-state index is 13.2. The number of likely N-dealkylation sites (tertiary alicyclic amines) is 1. The van der Waals surface area contributed by atoms with E-state index in [1.165, 1.54) is 24.3 Å².